The average molecular weight is 722 g/mol. The van der Waals surface area contributed by atoms with Gasteiger partial charge in [0, 0.05) is 16.3 Å². The Morgan fingerprint density at radius 3 is 2.60 bits per heavy atom. The lowest BCUT2D eigenvalue weighted by Crippen LogP contribution is -2.45. The number of carbonyl (C=O) groups excluding carboxylic acids is 2. The molecular formula is C31H31BrCl2N4O7. The molecule has 14 heteroatoms. The van der Waals surface area contributed by atoms with Crippen LogP contribution in [0.5, 0.6) is 17.2 Å². The second-order valence-electron chi connectivity index (χ2n) is 9.61. The van der Waals surface area contributed by atoms with Crippen molar-refractivity contribution in [2.75, 3.05) is 20.3 Å². The van der Waals surface area contributed by atoms with Gasteiger partial charge in [0.25, 0.3) is 0 Å². The van der Waals surface area contributed by atoms with Gasteiger partial charge in [-0.3, -0.25) is 5.43 Å². The summed E-state index contributed by atoms with van der Waals surface area (Å²) in [7, 11) is 1.27. The van der Waals surface area contributed by atoms with E-state index in [2.05, 4.69) is 37.1 Å². The number of rotatable bonds is 13. The number of nitrogens with one attached hydrogen (secondary N) is 3. The van der Waals surface area contributed by atoms with E-state index in [1.165, 1.54) is 13.3 Å². The topological polar surface area (TPSA) is 140 Å². The minimum absolute atomic E-state index is 0.174. The zero-order valence-electron chi connectivity index (χ0n) is 24.5. The lowest BCUT2D eigenvalue weighted by atomic mass is 9.95. The summed E-state index contributed by atoms with van der Waals surface area (Å²) in [6, 6.07) is 14.6. The largest absolute Gasteiger partial charge is 0.490 e. The SMILES string of the molecule is CCOc1cc([C@H]2NC(=O)NC(C)=C2C(=O)OC)ccc1OC[C@@H](O)N/N=C\c1cc(Cl)c(OCc2ccccc2Cl)c(Br)c1. The second-order valence-corrected chi connectivity index (χ2v) is 11.3. The number of aliphatic hydroxyl groups excluding tert-OH is 1. The lowest BCUT2D eigenvalue weighted by molar-refractivity contribution is -0.136. The van der Waals surface area contributed by atoms with Crippen molar-refractivity contribution in [2.24, 2.45) is 5.10 Å². The van der Waals surface area contributed by atoms with Crippen LogP contribution in [0.15, 0.2) is 75.4 Å². The van der Waals surface area contributed by atoms with E-state index in [-0.39, 0.29) is 18.8 Å². The van der Waals surface area contributed by atoms with Crippen molar-refractivity contribution < 1.29 is 33.6 Å². The number of hydrogen-bond acceptors (Lipinski definition) is 9. The normalized spacial score (nSPS) is 15.3. The van der Waals surface area contributed by atoms with Crippen molar-refractivity contribution in [1.82, 2.24) is 16.1 Å². The Labute approximate surface area is 278 Å². The number of hydrazone groups is 1. The van der Waals surface area contributed by atoms with Gasteiger partial charge < -0.3 is 34.7 Å². The predicted octanol–water partition coefficient (Wildman–Crippen LogP) is 5.86. The van der Waals surface area contributed by atoms with Crippen molar-refractivity contribution in [2.45, 2.75) is 32.7 Å². The standard InChI is InChI=1S/C31H31BrCl2N4O7/c1-4-43-25-13-19(28-27(30(40)42-3)17(2)36-31(41)37-28)9-10-24(25)44-16-26(39)38-35-14-18-11-21(32)29(23(34)12-18)45-15-20-7-5-6-8-22(20)33/h5-14,26,28,38-39H,4,15-16H2,1-3H3,(H2,36,37,41)/b35-14-/t26-,28-/m1/s1. The van der Waals surface area contributed by atoms with Crippen LogP contribution in [0.1, 0.15) is 36.6 Å². The number of halogens is 3. The van der Waals surface area contributed by atoms with Crippen LogP contribution in [0.2, 0.25) is 10.0 Å². The summed E-state index contributed by atoms with van der Waals surface area (Å²) in [6.07, 6.45) is 0.313. The fourth-order valence-corrected chi connectivity index (χ4v) is 5.56. The summed E-state index contributed by atoms with van der Waals surface area (Å²) in [6.45, 7) is 3.82. The fourth-order valence-electron chi connectivity index (χ4n) is 4.38. The molecule has 45 heavy (non-hydrogen) atoms. The van der Waals surface area contributed by atoms with Crippen LogP contribution in [0.4, 0.5) is 4.79 Å². The first-order valence-electron chi connectivity index (χ1n) is 13.7. The molecule has 1 aliphatic rings. The van der Waals surface area contributed by atoms with Crippen molar-refractivity contribution >= 4 is 57.3 Å². The van der Waals surface area contributed by atoms with Crippen molar-refractivity contribution in [3.63, 3.8) is 0 Å². The Morgan fingerprint density at radius 1 is 1.11 bits per heavy atom. The van der Waals surface area contributed by atoms with E-state index < -0.39 is 24.3 Å². The maximum atomic E-state index is 12.4. The molecule has 0 fully saturated rings. The van der Waals surface area contributed by atoms with Gasteiger partial charge in [-0.1, -0.05) is 47.5 Å². The number of ether oxygens (including phenoxy) is 4. The molecule has 0 unspecified atom stereocenters. The Morgan fingerprint density at radius 2 is 1.89 bits per heavy atom. The molecule has 0 spiro atoms. The summed E-state index contributed by atoms with van der Waals surface area (Å²) in [4.78, 5) is 24.6. The van der Waals surface area contributed by atoms with E-state index in [9.17, 15) is 14.7 Å². The first kappa shape index (κ1) is 33.9. The molecule has 3 aromatic rings. The first-order valence-corrected chi connectivity index (χ1v) is 15.2. The smallest absolute Gasteiger partial charge is 0.337 e. The Hall–Kier alpha value is -3.97. The van der Waals surface area contributed by atoms with E-state index in [4.69, 9.17) is 42.1 Å². The monoisotopic (exact) mass is 720 g/mol. The summed E-state index contributed by atoms with van der Waals surface area (Å²) in [5.41, 5.74) is 5.30. The van der Waals surface area contributed by atoms with Crippen molar-refractivity contribution in [3.8, 4) is 17.2 Å². The molecule has 0 aliphatic carbocycles. The number of esters is 1. The lowest BCUT2D eigenvalue weighted by Gasteiger charge is -2.28. The predicted molar refractivity (Wildman–Crippen MR) is 174 cm³/mol. The van der Waals surface area contributed by atoms with Gasteiger partial charge in [0.15, 0.2) is 23.5 Å². The highest BCUT2D eigenvalue weighted by Gasteiger charge is 2.32. The molecule has 238 valence electrons. The Kier molecular flexibility index (Phi) is 11.9. The minimum Gasteiger partial charge on any atom is -0.490 e. The number of hydrogen-bond donors (Lipinski definition) is 4. The highest BCUT2D eigenvalue weighted by Crippen LogP contribution is 2.36. The van der Waals surface area contributed by atoms with E-state index in [1.54, 1.807) is 50.2 Å². The van der Waals surface area contributed by atoms with E-state index in [0.29, 0.717) is 55.2 Å². The van der Waals surface area contributed by atoms with Crippen molar-refractivity contribution in [3.05, 3.63) is 97.1 Å². The molecule has 2 amide bonds. The Balaban J connectivity index is 1.37. The summed E-state index contributed by atoms with van der Waals surface area (Å²) >= 11 is 16.1. The van der Waals surface area contributed by atoms with Crippen LogP contribution in [0.25, 0.3) is 0 Å². The van der Waals surface area contributed by atoms with Crippen LogP contribution in [0, 0.1) is 0 Å². The van der Waals surface area contributed by atoms with E-state index >= 15 is 0 Å². The molecule has 2 atom stereocenters. The van der Waals surface area contributed by atoms with E-state index in [0.717, 1.165) is 5.56 Å². The molecule has 0 radical (unpaired) electrons. The highest BCUT2D eigenvalue weighted by atomic mass is 79.9. The molecule has 1 aliphatic heterocycles. The number of methoxy groups -OCH3 is 1. The molecule has 4 rings (SSSR count). The quantitative estimate of drug-likeness (QED) is 0.0746. The van der Waals surface area contributed by atoms with Crippen LogP contribution < -0.4 is 30.3 Å². The van der Waals surface area contributed by atoms with Gasteiger partial charge in [-0.25, -0.2) is 9.59 Å². The Bertz CT molecular complexity index is 1600. The third-order valence-electron chi connectivity index (χ3n) is 6.46. The molecule has 1 heterocycles. The number of amides is 2. The number of aliphatic hydroxyl groups is 1. The van der Waals surface area contributed by atoms with E-state index in [1.807, 2.05) is 18.2 Å². The number of urea groups is 1. The molecule has 3 aromatic carbocycles. The molecule has 4 N–H and O–H groups in total. The zero-order valence-corrected chi connectivity index (χ0v) is 27.6. The summed E-state index contributed by atoms with van der Waals surface area (Å²) in [5.74, 6) is 0.581. The molecule has 0 aromatic heterocycles. The number of benzene rings is 3. The maximum Gasteiger partial charge on any atom is 0.337 e. The number of allylic oxidation sites excluding steroid dienone is 1. The summed E-state index contributed by atoms with van der Waals surface area (Å²) in [5, 5.41) is 20.8. The van der Waals surface area contributed by atoms with Gasteiger partial charge in [0.05, 0.1) is 41.0 Å². The van der Waals surface area contributed by atoms with Crippen LogP contribution >= 0.6 is 39.1 Å². The average Bonchev–Trinajstić information content (AvgIpc) is 3.00. The highest BCUT2D eigenvalue weighted by molar-refractivity contribution is 9.10. The van der Waals surface area contributed by atoms with Gasteiger partial charge in [-0.15, -0.1) is 0 Å². The van der Waals surface area contributed by atoms with Gasteiger partial charge >= 0.3 is 12.0 Å². The molecule has 0 saturated carbocycles. The zero-order chi connectivity index (χ0) is 32.5. The molecule has 11 nitrogen and oxygen atoms in total. The molecular weight excluding hydrogens is 691 g/mol. The van der Waals surface area contributed by atoms with Gasteiger partial charge in [0.2, 0.25) is 0 Å². The minimum atomic E-state index is -1.17. The van der Waals surface area contributed by atoms with Crippen LogP contribution in [-0.2, 0) is 16.1 Å². The van der Waals surface area contributed by atoms with Crippen LogP contribution in [0.3, 0.4) is 0 Å². The fraction of sp³-hybridized carbons (Fsp3) is 0.258. The third kappa shape index (κ3) is 8.82. The molecule has 0 bridgehead atoms. The number of carbonyl (C=O) groups is 2. The summed E-state index contributed by atoms with van der Waals surface area (Å²) < 4.78 is 22.9. The van der Waals surface area contributed by atoms with Gasteiger partial charge in [-0.2, -0.15) is 5.10 Å². The second kappa shape index (κ2) is 15.8. The molecule has 0 saturated heterocycles. The maximum absolute atomic E-state index is 12.4. The first-order chi connectivity index (χ1) is 21.6. The number of nitrogens with zero attached hydrogens (tertiary/aromatic N) is 1. The van der Waals surface area contributed by atoms with Crippen LogP contribution in [-0.4, -0.2) is 49.9 Å². The van der Waals surface area contributed by atoms with Gasteiger partial charge in [0.1, 0.15) is 13.2 Å². The third-order valence-corrected chi connectivity index (χ3v) is 7.70. The van der Waals surface area contributed by atoms with Crippen molar-refractivity contribution in [1.29, 1.82) is 0 Å². The van der Waals surface area contributed by atoms with Gasteiger partial charge in [-0.05, 0) is 71.2 Å².